The molecule has 76 valence electrons. The van der Waals surface area contributed by atoms with Crippen LogP contribution in [0, 0.1) is 12.3 Å². The molecule has 0 saturated carbocycles. The van der Waals surface area contributed by atoms with Gasteiger partial charge in [0.2, 0.25) is 5.91 Å². The van der Waals surface area contributed by atoms with Crippen LogP contribution in [0.5, 0.6) is 0 Å². The van der Waals surface area contributed by atoms with Gasteiger partial charge in [0.15, 0.2) is 0 Å². The van der Waals surface area contributed by atoms with Gasteiger partial charge in [-0.2, -0.15) is 0 Å². The highest BCUT2D eigenvalue weighted by molar-refractivity contribution is 5.87. The van der Waals surface area contributed by atoms with Crippen LogP contribution in [-0.4, -0.2) is 12.5 Å². The first-order valence-electron chi connectivity index (χ1n) is 4.82. The lowest BCUT2D eigenvalue weighted by Gasteiger charge is -1.99. The molecule has 0 saturated heterocycles. The zero-order valence-electron chi connectivity index (χ0n) is 8.62. The van der Waals surface area contributed by atoms with Gasteiger partial charge in [0.1, 0.15) is 0 Å². The second-order valence-corrected chi connectivity index (χ2v) is 2.84. The molecule has 2 nitrogen and oxygen atoms in total. The standard InChI is InChI=1S/C12H17NO/c1-3-5-7-9-11-13-12(14)10-8-6-4-2/h1,4,6,8,10H,5,7,9,11H2,2H3,(H,13,14). The Balaban J connectivity index is 3.41. The van der Waals surface area contributed by atoms with Crippen molar-refractivity contribution in [3.05, 3.63) is 24.3 Å². The summed E-state index contributed by atoms with van der Waals surface area (Å²) in [6.45, 7) is 2.60. The Labute approximate surface area is 86.1 Å². The SMILES string of the molecule is C#CCCCCNC(=O)C=CC=CC. The van der Waals surface area contributed by atoms with Gasteiger partial charge in [0.05, 0.1) is 0 Å². The first kappa shape index (κ1) is 12.5. The smallest absolute Gasteiger partial charge is 0.243 e. The molecular weight excluding hydrogens is 174 g/mol. The van der Waals surface area contributed by atoms with E-state index >= 15 is 0 Å². The Morgan fingerprint density at radius 1 is 1.43 bits per heavy atom. The molecule has 1 N–H and O–H groups in total. The van der Waals surface area contributed by atoms with Crippen molar-refractivity contribution in [2.45, 2.75) is 26.2 Å². The van der Waals surface area contributed by atoms with Gasteiger partial charge in [-0.25, -0.2) is 0 Å². The Morgan fingerprint density at radius 2 is 2.21 bits per heavy atom. The third-order valence-corrected chi connectivity index (χ3v) is 1.60. The van der Waals surface area contributed by atoms with Gasteiger partial charge in [-0.15, -0.1) is 12.3 Å². The molecular formula is C12H17NO. The first-order chi connectivity index (χ1) is 6.81. The van der Waals surface area contributed by atoms with E-state index in [0.717, 1.165) is 19.3 Å². The minimum Gasteiger partial charge on any atom is -0.353 e. The molecule has 0 aliphatic rings. The van der Waals surface area contributed by atoms with Gasteiger partial charge < -0.3 is 5.32 Å². The van der Waals surface area contributed by atoms with Crippen molar-refractivity contribution < 1.29 is 4.79 Å². The van der Waals surface area contributed by atoms with Crippen LogP contribution in [0.1, 0.15) is 26.2 Å². The average molecular weight is 191 g/mol. The van der Waals surface area contributed by atoms with Crippen LogP contribution in [0.4, 0.5) is 0 Å². The van der Waals surface area contributed by atoms with Gasteiger partial charge in [0.25, 0.3) is 0 Å². The second kappa shape index (κ2) is 9.60. The lowest BCUT2D eigenvalue weighted by molar-refractivity contribution is -0.116. The number of unbranched alkanes of at least 4 members (excludes halogenated alkanes) is 2. The van der Waals surface area contributed by atoms with Crippen LogP contribution in [0.15, 0.2) is 24.3 Å². The molecule has 0 aromatic heterocycles. The van der Waals surface area contributed by atoms with Gasteiger partial charge >= 0.3 is 0 Å². The summed E-state index contributed by atoms with van der Waals surface area (Å²) in [5, 5.41) is 2.77. The molecule has 0 bridgehead atoms. The molecule has 1 amide bonds. The topological polar surface area (TPSA) is 29.1 Å². The summed E-state index contributed by atoms with van der Waals surface area (Å²) >= 11 is 0. The maximum atomic E-state index is 11.1. The van der Waals surface area contributed by atoms with E-state index in [1.165, 1.54) is 6.08 Å². The van der Waals surface area contributed by atoms with E-state index in [1.54, 1.807) is 6.08 Å². The van der Waals surface area contributed by atoms with Gasteiger partial charge in [-0.1, -0.05) is 18.2 Å². The molecule has 0 radical (unpaired) electrons. The van der Waals surface area contributed by atoms with E-state index < -0.39 is 0 Å². The summed E-state index contributed by atoms with van der Waals surface area (Å²) in [6.07, 6.45) is 14.7. The first-order valence-corrected chi connectivity index (χ1v) is 4.82. The van der Waals surface area contributed by atoms with E-state index in [0.29, 0.717) is 6.54 Å². The third-order valence-electron chi connectivity index (χ3n) is 1.60. The molecule has 0 unspecified atom stereocenters. The molecule has 2 heteroatoms. The molecule has 14 heavy (non-hydrogen) atoms. The summed E-state index contributed by atoms with van der Waals surface area (Å²) < 4.78 is 0. The Morgan fingerprint density at radius 3 is 2.86 bits per heavy atom. The predicted molar refractivity (Wildman–Crippen MR) is 59.6 cm³/mol. The van der Waals surface area contributed by atoms with Crippen molar-refractivity contribution in [3.63, 3.8) is 0 Å². The number of nitrogens with one attached hydrogen (secondary N) is 1. The maximum absolute atomic E-state index is 11.1. The molecule has 0 aromatic rings. The summed E-state index contributed by atoms with van der Waals surface area (Å²) in [4.78, 5) is 11.1. The number of rotatable bonds is 6. The number of amides is 1. The number of hydrogen-bond donors (Lipinski definition) is 1. The molecule has 0 fully saturated rings. The van der Waals surface area contributed by atoms with Crippen molar-refractivity contribution in [1.29, 1.82) is 0 Å². The quantitative estimate of drug-likeness (QED) is 0.296. The van der Waals surface area contributed by atoms with Crippen molar-refractivity contribution in [3.8, 4) is 12.3 Å². The number of hydrogen-bond acceptors (Lipinski definition) is 1. The van der Waals surface area contributed by atoms with Crippen LogP contribution in [-0.2, 0) is 4.79 Å². The Bertz CT molecular complexity index is 246. The minimum absolute atomic E-state index is 0.0520. The Kier molecular flexibility index (Phi) is 8.58. The largest absolute Gasteiger partial charge is 0.353 e. The number of carbonyl (C=O) groups excluding carboxylic acids is 1. The van der Waals surface area contributed by atoms with E-state index in [1.807, 2.05) is 19.1 Å². The van der Waals surface area contributed by atoms with Crippen LogP contribution >= 0.6 is 0 Å². The maximum Gasteiger partial charge on any atom is 0.243 e. The van der Waals surface area contributed by atoms with Crippen LogP contribution in [0.2, 0.25) is 0 Å². The summed E-state index contributed by atoms with van der Waals surface area (Å²) in [5.74, 6) is 2.51. The summed E-state index contributed by atoms with van der Waals surface area (Å²) in [6, 6.07) is 0. The normalized spacial score (nSPS) is 10.6. The van der Waals surface area contributed by atoms with Crippen LogP contribution < -0.4 is 5.32 Å². The number of carbonyl (C=O) groups is 1. The van der Waals surface area contributed by atoms with Crippen molar-refractivity contribution in [2.24, 2.45) is 0 Å². The van der Waals surface area contributed by atoms with Crippen molar-refractivity contribution in [2.75, 3.05) is 6.54 Å². The van der Waals surface area contributed by atoms with E-state index in [9.17, 15) is 4.79 Å². The molecule has 0 atom stereocenters. The fourth-order valence-corrected chi connectivity index (χ4v) is 0.877. The monoisotopic (exact) mass is 191 g/mol. The Hall–Kier alpha value is -1.49. The lowest BCUT2D eigenvalue weighted by atomic mass is 10.2. The van der Waals surface area contributed by atoms with Crippen LogP contribution in [0.25, 0.3) is 0 Å². The fourth-order valence-electron chi connectivity index (χ4n) is 0.877. The van der Waals surface area contributed by atoms with Gasteiger partial charge in [0, 0.05) is 19.0 Å². The number of allylic oxidation sites excluding steroid dienone is 3. The molecule has 0 heterocycles. The predicted octanol–water partition coefficient (Wildman–Crippen LogP) is 2.04. The highest BCUT2D eigenvalue weighted by Gasteiger charge is 1.92. The van der Waals surface area contributed by atoms with E-state index in [2.05, 4.69) is 11.2 Å². The minimum atomic E-state index is -0.0520. The summed E-state index contributed by atoms with van der Waals surface area (Å²) in [5.41, 5.74) is 0. The average Bonchev–Trinajstić information content (AvgIpc) is 2.18. The highest BCUT2D eigenvalue weighted by Crippen LogP contribution is 1.91. The molecule has 0 spiro atoms. The van der Waals surface area contributed by atoms with Crippen LogP contribution in [0.3, 0.4) is 0 Å². The molecule has 0 aliphatic heterocycles. The van der Waals surface area contributed by atoms with E-state index in [4.69, 9.17) is 6.42 Å². The second-order valence-electron chi connectivity index (χ2n) is 2.84. The van der Waals surface area contributed by atoms with Crippen molar-refractivity contribution >= 4 is 5.91 Å². The lowest BCUT2D eigenvalue weighted by Crippen LogP contribution is -2.21. The molecule has 0 aliphatic carbocycles. The molecule has 0 rings (SSSR count). The highest BCUT2D eigenvalue weighted by atomic mass is 16.1. The van der Waals surface area contributed by atoms with E-state index in [-0.39, 0.29) is 5.91 Å². The van der Waals surface area contributed by atoms with Gasteiger partial charge in [-0.3, -0.25) is 4.79 Å². The van der Waals surface area contributed by atoms with Gasteiger partial charge in [-0.05, 0) is 19.8 Å². The van der Waals surface area contributed by atoms with Crippen molar-refractivity contribution in [1.82, 2.24) is 5.32 Å². The molecule has 0 aromatic carbocycles. The zero-order chi connectivity index (χ0) is 10.6. The number of terminal acetylenes is 1. The fraction of sp³-hybridized carbons (Fsp3) is 0.417. The summed E-state index contributed by atoms with van der Waals surface area (Å²) in [7, 11) is 0. The zero-order valence-corrected chi connectivity index (χ0v) is 8.62. The third kappa shape index (κ3) is 8.61.